The smallest absolute Gasteiger partial charge is 0.374 e. The fourth-order valence-corrected chi connectivity index (χ4v) is 2.43. The van der Waals surface area contributed by atoms with Crippen LogP contribution in [-0.2, 0) is 4.74 Å². The number of fused-ring (bicyclic) bond motifs is 1. The molecule has 2 heterocycles. The Hall–Kier alpha value is -2.76. The lowest BCUT2D eigenvalue weighted by molar-refractivity contribution is 0.0555. The number of methoxy groups -OCH3 is 1. The fraction of sp³-hybridized carbons (Fsp3) is 0.200. The second kappa shape index (κ2) is 4.97. The molecule has 0 fully saturated rings. The highest BCUT2D eigenvalue weighted by molar-refractivity contribution is 6.01. The molecule has 0 radical (unpaired) electrons. The van der Waals surface area contributed by atoms with Crippen LogP contribution in [0.25, 0.3) is 0 Å². The molecular formula is C15H14N2O4. The first-order chi connectivity index (χ1) is 10.1. The third-order valence-electron chi connectivity index (χ3n) is 3.52. The van der Waals surface area contributed by atoms with Gasteiger partial charge in [-0.2, -0.15) is 0 Å². The molecule has 1 N–H and O–H groups in total. The third-order valence-corrected chi connectivity index (χ3v) is 3.52. The van der Waals surface area contributed by atoms with Gasteiger partial charge in [0, 0.05) is 18.3 Å². The summed E-state index contributed by atoms with van der Waals surface area (Å²) in [5, 5.41) is 3.24. The molecule has 1 aromatic carbocycles. The largest absolute Gasteiger partial charge is 0.463 e. The van der Waals surface area contributed by atoms with E-state index in [4.69, 9.17) is 9.15 Å². The monoisotopic (exact) mass is 286 g/mol. The Morgan fingerprint density at radius 2 is 2.10 bits per heavy atom. The minimum atomic E-state index is -0.573. The number of carbonyl (C=O) groups is 2. The highest BCUT2D eigenvalue weighted by atomic mass is 16.5. The van der Waals surface area contributed by atoms with E-state index < -0.39 is 12.1 Å². The lowest BCUT2D eigenvalue weighted by Crippen LogP contribution is -2.40. The van der Waals surface area contributed by atoms with Gasteiger partial charge in [0.2, 0.25) is 5.76 Å². The number of rotatable bonds is 2. The highest BCUT2D eigenvalue weighted by Crippen LogP contribution is 2.33. The number of furan rings is 1. The number of amides is 1. The predicted molar refractivity (Wildman–Crippen MR) is 74.9 cm³/mol. The lowest BCUT2D eigenvalue weighted by Gasteiger charge is -2.35. The van der Waals surface area contributed by atoms with Crippen LogP contribution in [0.5, 0.6) is 0 Å². The summed E-state index contributed by atoms with van der Waals surface area (Å²) in [4.78, 5) is 25.7. The number of para-hydroxylation sites is 1. The van der Waals surface area contributed by atoms with Gasteiger partial charge in [0.1, 0.15) is 6.17 Å². The maximum atomic E-state index is 12.4. The predicted octanol–water partition coefficient (Wildman–Crippen LogP) is 2.26. The number of anilines is 1. The van der Waals surface area contributed by atoms with E-state index in [-0.39, 0.29) is 11.7 Å². The van der Waals surface area contributed by atoms with Crippen LogP contribution in [0.15, 0.2) is 41.0 Å². The van der Waals surface area contributed by atoms with Crippen LogP contribution in [0.2, 0.25) is 0 Å². The molecule has 1 atom stereocenters. The van der Waals surface area contributed by atoms with Gasteiger partial charge >= 0.3 is 5.97 Å². The Labute approximate surface area is 121 Å². The van der Waals surface area contributed by atoms with Gasteiger partial charge in [0.25, 0.3) is 5.91 Å². The van der Waals surface area contributed by atoms with Crippen LogP contribution in [0.3, 0.4) is 0 Å². The third kappa shape index (κ3) is 2.05. The molecule has 6 heteroatoms. The van der Waals surface area contributed by atoms with Crippen molar-refractivity contribution in [2.75, 3.05) is 19.5 Å². The van der Waals surface area contributed by atoms with Crippen LogP contribution >= 0.6 is 0 Å². The zero-order valence-electron chi connectivity index (χ0n) is 11.6. The summed E-state index contributed by atoms with van der Waals surface area (Å²) in [5.41, 5.74) is 1.88. The Balaban J connectivity index is 2.03. The molecule has 0 aliphatic carbocycles. The SMILES string of the molecule is COC(=O)c1occc1C1Nc2ccccc2C(=O)N1C. The number of nitrogens with one attached hydrogen (secondary N) is 1. The van der Waals surface area contributed by atoms with Crippen molar-refractivity contribution in [1.29, 1.82) is 0 Å². The molecule has 1 aliphatic rings. The fourth-order valence-electron chi connectivity index (χ4n) is 2.43. The molecule has 1 amide bonds. The minimum absolute atomic E-state index is 0.0917. The van der Waals surface area contributed by atoms with Crippen LogP contribution in [0.1, 0.15) is 32.6 Å². The zero-order chi connectivity index (χ0) is 15.0. The standard InChI is InChI=1S/C15H14N2O4/c1-17-13(10-7-8-21-12(10)15(19)20-2)16-11-6-4-3-5-9(11)14(17)18/h3-8,13,16H,1-2H3. The molecule has 1 unspecified atom stereocenters. The molecule has 0 bridgehead atoms. The summed E-state index contributed by atoms with van der Waals surface area (Å²) in [6.45, 7) is 0. The van der Waals surface area contributed by atoms with E-state index in [1.807, 2.05) is 18.2 Å². The van der Waals surface area contributed by atoms with Gasteiger partial charge in [-0.05, 0) is 18.2 Å². The first-order valence-electron chi connectivity index (χ1n) is 6.42. The molecule has 1 aromatic heterocycles. The van der Waals surface area contributed by atoms with E-state index in [0.717, 1.165) is 5.69 Å². The number of hydrogen-bond acceptors (Lipinski definition) is 5. The quantitative estimate of drug-likeness (QED) is 0.857. The van der Waals surface area contributed by atoms with Gasteiger partial charge in [-0.25, -0.2) is 4.79 Å². The Bertz CT molecular complexity index is 707. The Kier molecular flexibility index (Phi) is 3.13. The topological polar surface area (TPSA) is 71.8 Å². The van der Waals surface area contributed by atoms with Gasteiger partial charge in [-0.1, -0.05) is 12.1 Å². The van der Waals surface area contributed by atoms with E-state index in [0.29, 0.717) is 11.1 Å². The Morgan fingerprint density at radius 3 is 2.86 bits per heavy atom. The lowest BCUT2D eigenvalue weighted by atomic mass is 10.0. The molecule has 0 saturated carbocycles. The zero-order valence-corrected chi connectivity index (χ0v) is 11.6. The van der Waals surface area contributed by atoms with Gasteiger partial charge in [0.15, 0.2) is 0 Å². The van der Waals surface area contributed by atoms with E-state index in [1.54, 1.807) is 19.2 Å². The van der Waals surface area contributed by atoms with Crippen LogP contribution in [0.4, 0.5) is 5.69 Å². The molecular weight excluding hydrogens is 272 g/mol. The normalized spacial score (nSPS) is 17.1. The van der Waals surface area contributed by atoms with Crippen LogP contribution < -0.4 is 5.32 Å². The van der Waals surface area contributed by atoms with Crippen molar-refractivity contribution >= 4 is 17.6 Å². The van der Waals surface area contributed by atoms with E-state index in [1.165, 1.54) is 18.3 Å². The molecule has 0 saturated heterocycles. The van der Waals surface area contributed by atoms with Crippen molar-refractivity contribution in [2.24, 2.45) is 0 Å². The average Bonchev–Trinajstić information content (AvgIpc) is 2.99. The number of benzene rings is 1. The maximum Gasteiger partial charge on any atom is 0.374 e. The summed E-state index contributed by atoms with van der Waals surface area (Å²) < 4.78 is 9.88. The molecule has 1 aliphatic heterocycles. The van der Waals surface area contributed by atoms with E-state index in [9.17, 15) is 9.59 Å². The molecule has 21 heavy (non-hydrogen) atoms. The number of carbonyl (C=O) groups excluding carboxylic acids is 2. The maximum absolute atomic E-state index is 12.4. The van der Waals surface area contributed by atoms with Gasteiger partial charge < -0.3 is 19.4 Å². The van der Waals surface area contributed by atoms with Crippen molar-refractivity contribution in [1.82, 2.24) is 4.90 Å². The summed E-state index contributed by atoms with van der Waals surface area (Å²) >= 11 is 0. The molecule has 108 valence electrons. The number of hydrogen-bond donors (Lipinski definition) is 1. The van der Waals surface area contributed by atoms with Crippen molar-refractivity contribution in [3.8, 4) is 0 Å². The summed E-state index contributed by atoms with van der Waals surface area (Å²) in [7, 11) is 2.96. The molecule has 0 spiro atoms. The number of esters is 1. The van der Waals surface area contributed by atoms with E-state index >= 15 is 0 Å². The van der Waals surface area contributed by atoms with Crippen LogP contribution in [-0.4, -0.2) is 30.9 Å². The van der Waals surface area contributed by atoms with Gasteiger partial charge in [0.05, 0.1) is 18.9 Å². The summed E-state index contributed by atoms with van der Waals surface area (Å²) in [6.07, 6.45) is 0.919. The second-order valence-electron chi connectivity index (χ2n) is 4.71. The molecule has 6 nitrogen and oxygen atoms in total. The van der Waals surface area contributed by atoms with Crippen molar-refractivity contribution < 1.29 is 18.7 Å². The molecule has 3 rings (SSSR count). The van der Waals surface area contributed by atoms with Gasteiger partial charge in [-0.3, -0.25) is 4.79 Å². The minimum Gasteiger partial charge on any atom is -0.463 e. The summed E-state index contributed by atoms with van der Waals surface area (Å²) in [6, 6.07) is 8.89. The average molecular weight is 286 g/mol. The van der Waals surface area contributed by atoms with Gasteiger partial charge in [-0.15, -0.1) is 0 Å². The van der Waals surface area contributed by atoms with Crippen molar-refractivity contribution in [2.45, 2.75) is 6.17 Å². The number of nitrogens with zero attached hydrogens (tertiary/aromatic N) is 1. The Morgan fingerprint density at radius 1 is 1.33 bits per heavy atom. The first kappa shape index (κ1) is 13.2. The second-order valence-corrected chi connectivity index (χ2v) is 4.71. The first-order valence-corrected chi connectivity index (χ1v) is 6.42. The number of ether oxygens (including phenoxy) is 1. The van der Waals surface area contributed by atoms with Crippen LogP contribution in [0, 0.1) is 0 Å². The van der Waals surface area contributed by atoms with Crippen molar-refractivity contribution in [3.63, 3.8) is 0 Å². The molecule has 2 aromatic rings. The van der Waals surface area contributed by atoms with Crippen molar-refractivity contribution in [3.05, 3.63) is 53.5 Å². The summed E-state index contributed by atoms with van der Waals surface area (Å²) in [5.74, 6) is -0.600. The van der Waals surface area contributed by atoms with E-state index in [2.05, 4.69) is 5.32 Å². The highest BCUT2D eigenvalue weighted by Gasteiger charge is 2.33.